The Hall–Kier alpha value is -2.81. The van der Waals surface area contributed by atoms with E-state index < -0.39 is 0 Å². The van der Waals surface area contributed by atoms with E-state index >= 15 is 0 Å². The first kappa shape index (κ1) is 16.1. The summed E-state index contributed by atoms with van der Waals surface area (Å²) in [7, 11) is 0. The highest BCUT2D eigenvalue weighted by Crippen LogP contribution is 2.17. The van der Waals surface area contributed by atoms with E-state index in [0.717, 1.165) is 22.3 Å². The zero-order chi connectivity index (χ0) is 16.9. The lowest BCUT2D eigenvalue weighted by molar-refractivity contribution is -0.121. The SMILES string of the molecule is CCc1nnc(NC(=O)CCC(=O)Nc2ccc3cn[nH]c3c2)s1. The molecular weight excluding hydrogens is 328 g/mol. The summed E-state index contributed by atoms with van der Waals surface area (Å²) in [6.45, 7) is 1.97. The number of aromatic nitrogens is 4. The summed E-state index contributed by atoms with van der Waals surface area (Å²) in [5, 5.41) is 22.3. The van der Waals surface area contributed by atoms with Gasteiger partial charge >= 0.3 is 0 Å². The number of H-pyrrole nitrogens is 1. The quantitative estimate of drug-likeness (QED) is 0.635. The Balaban J connectivity index is 1.48. The Labute approximate surface area is 141 Å². The van der Waals surface area contributed by atoms with E-state index in [1.807, 2.05) is 13.0 Å². The Kier molecular flexibility index (Phi) is 4.80. The number of hydrogen-bond donors (Lipinski definition) is 3. The smallest absolute Gasteiger partial charge is 0.226 e. The molecule has 0 bridgehead atoms. The van der Waals surface area contributed by atoms with Crippen LogP contribution in [0.2, 0.25) is 0 Å². The maximum atomic E-state index is 12.0. The van der Waals surface area contributed by atoms with Gasteiger partial charge in [0, 0.05) is 23.9 Å². The van der Waals surface area contributed by atoms with Crippen molar-refractivity contribution < 1.29 is 9.59 Å². The minimum absolute atomic E-state index is 0.0825. The van der Waals surface area contributed by atoms with Crippen molar-refractivity contribution in [3.05, 3.63) is 29.4 Å². The number of benzene rings is 1. The Bertz CT molecular complexity index is 872. The lowest BCUT2D eigenvalue weighted by atomic mass is 10.2. The topological polar surface area (TPSA) is 113 Å². The van der Waals surface area contributed by atoms with E-state index in [1.54, 1.807) is 18.3 Å². The number of aryl methyl sites for hydroxylation is 1. The molecule has 1 aromatic carbocycles. The van der Waals surface area contributed by atoms with E-state index in [0.29, 0.717) is 10.8 Å². The number of nitrogens with one attached hydrogen (secondary N) is 3. The third-order valence-corrected chi connectivity index (χ3v) is 4.30. The average Bonchev–Trinajstić information content (AvgIpc) is 3.21. The van der Waals surface area contributed by atoms with Gasteiger partial charge in [-0.15, -0.1) is 10.2 Å². The van der Waals surface area contributed by atoms with Gasteiger partial charge < -0.3 is 10.6 Å². The van der Waals surface area contributed by atoms with Crippen LogP contribution in [0.1, 0.15) is 24.8 Å². The number of amides is 2. The predicted octanol–water partition coefficient (Wildman–Crippen LogP) is 2.33. The van der Waals surface area contributed by atoms with Gasteiger partial charge in [0.05, 0.1) is 11.7 Å². The maximum Gasteiger partial charge on any atom is 0.226 e. The van der Waals surface area contributed by atoms with Crippen LogP contribution in [0, 0.1) is 0 Å². The summed E-state index contributed by atoms with van der Waals surface area (Å²) < 4.78 is 0. The van der Waals surface area contributed by atoms with Gasteiger partial charge in [0.15, 0.2) is 0 Å². The Morgan fingerprint density at radius 1 is 1.17 bits per heavy atom. The second-order valence-electron chi connectivity index (χ2n) is 5.12. The first-order chi connectivity index (χ1) is 11.6. The van der Waals surface area contributed by atoms with Gasteiger partial charge in [-0.05, 0) is 24.6 Å². The van der Waals surface area contributed by atoms with E-state index in [2.05, 4.69) is 31.0 Å². The molecule has 0 saturated carbocycles. The summed E-state index contributed by atoms with van der Waals surface area (Å²) in [5.74, 6) is -0.483. The third-order valence-electron chi connectivity index (χ3n) is 3.32. The molecule has 24 heavy (non-hydrogen) atoms. The lowest BCUT2D eigenvalue weighted by Crippen LogP contribution is -2.17. The highest BCUT2D eigenvalue weighted by atomic mass is 32.1. The van der Waals surface area contributed by atoms with Crippen molar-refractivity contribution in [2.75, 3.05) is 10.6 Å². The van der Waals surface area contributed by atoms with Gasteiger partial charge in [0.1, 0.15) is 5.01 Å². The van der Waals surface area contributed by atoms with Gasteiger partial charge in [-0.25, -0.2) is 0 Å². The van der Waals surface area contributed by atoms with Crippen molar-refractivity contribution in [3.8, 4) is 0 Å². The summed E-state index contributed by atoms with van der Waals surface area (Å²) in [6, 6.07) is 5.46. The van der Waals surface area contributed by atoms with Crippen LogP contribution in [0.25, 0.3) is 10.9 Å². The first-order valence-electron chi connectivity index (χ1n) is 7.49. The molecular formula is C15H16N6O2S. The number of aromatic amines is 1. The zero-order valence-corrected chi connectivity index (χ0v) is 13.8. The van der Waals surface area contributed by atoms with Gasteiger partial charge in [0.2, 0.25) is 16.9 Å². The van der Waals surface area contributed by atoms with Gasteiger partial charge in [-0.2, -0.15) is 5.10 Å². The fourth-order valence-corrected chi connectivity index (χ4v) is 2.79. The number of carbonyl (C=O) groups excluding carboxylic acids is 2. The van der Waals surface area contributed by atoms with Crippen molar-refractivity contribution in [1.29, 1.82) is 0 Å². The van der Waals surface area contributed by atoms with Crippen LogP contribution in [0.4, 0.5) is 10.8 Å². The highest BCUT2D eigenvalue weighted by molar-refractivity contribution is 7.15. The summed E-state index contributed by atoms with van der Waals surface area (Å²) in [6.07, 6.45) is 2.66. The van der Waals surface area contributed by atoms with Gasteiger partial charge in [-0.3, -0.25) is 14.7 Å². The normalized spacial score (nSPS) is 10.7. The van der Waals surface area contributed by atoms with Gasteiger partial charge in [0.25, 0.3) is 0 Å². The molecule has 0 aliphatic heterocycles. The van der Waals surface area contributed by atoms with E-state index in [1.165, 1.54) is 11.3 Å². The molecule has 2 aromatic heterocycles. The molecule has 3 aromatic rings. The molecule has 2 heterocycles. The van der Waals surface area contributed by atoms with Crippen molar-refractivity contribution >= 4 is 44.9 Å². The van der Waals surface area contributed by atoms with Crippen molar-refractivity contribution in [3.63, 3.8) is 0 Å². The molecule has 0 saturated heterocycles. The molecule has 0 radical (unpaired) electrons. The Morgan fingerprint density at radius 3 is 2.71 bits per heavy atom. The Morgan fingerprint density at radius 2 is 1.96 bits per heavy atom. The van der Waals surface area contributed by atoms with E-state index in [9.17, 15) is 9.59 Å². The summed E-state index contributed by atoms with van der Waals surface area (Å²) in [5.41, 5.74) is 1.50. The van der Waals surface area contributed by atoms with Crippen LogP contribution in [0.5, 0.6) is 0 Å². The minimum Gasteiger partial charge on any atom is -0.326 e. The lowest BCUT2D eigenvalue weighted by Gasteiger charge is -2.05. The third kappa shape index (κ3) is 3.93. The van der Waals surface area contributed by atoms with Crippen molar-refractivity contribution in [2.24, 2.45) is 0 Å². The number of hydrogen-bond acceptors (Lipinski definition) is 6. The fourth-order valence-electron chi connectivity index (χ4n) is 2.09. The standard InChI is InChI=1S/C15H16N6O2S/c1-2-14-20-21-15(24-14)18-13(23)6-5-12(22)17-10-4-3-9-8-16-19-11(9)7-10/h3-4,7-8H,2,5-6H2,1H3,(H,16,19)(H,17,22)(H,18,21,23). The highest BCUT2D eigenvalue weighted by Gasteiger charge is 2.10. The predicted molar refractivity (Wildman–Crippen MR) is 91.9 cm³/mol. The van der Waals surface area contributed by atoms with Crippen LogP contribution >= 0.6 is 11.3 Å². The molecule has 0 atom stereocenters. The largest absolute Gasteiger partial charge is 0.326 e. The molecule has 3 N–H and O–H groups in total. The molecule has 3 rings (SSSR count). The second-order valence-corrected chi connectivity index (χ2v) is 6.18. The van der Waals surface area contributed by atoms with Crippen LogP contribution < -0.4 is 10.6 Å². The molecule has 0 unspecified atom stereocenters. The summed E-state index contributed by atoms with van der Waals surface area (Å²) >= 11 is 1.34. The molecule has 0 aliphatic carbocycles. The first-order valence-corrected chi connectivity index (χ1v) is 8.31. The number of anilines is 2. The average molecular weight is 344 g/mol. The molecule has 0 aliphatic rings. The fraction of sp³-hybridized carbons (Fsp3) is 0.267. The molecule has 9 heteroatoms. The van der Waals surface area contributed by atoms with Crippen LogP contribution in [0.3, 0.4) is 0 Å². The van der Waals surface area contributed by atoms with E-state index in [4.69, 9.17) is 0 Å². The molecule has 0 spiro atoms. The number of nitrogens with zero attached hydrogens (tertiary/aromatic N) is 3. The molecule has 124 valence electrons. The van der Waals surface area contributed by atoms with Crippen LogP contribution in [-0.2, 0) is 16.0 Å². The number of fused-ring (bicyclic) bond motifs is 1. The van der Waals surface area contributed by atoms with Gasteiger partial charge in [-0.1, -0.05) is 18.3 Å². The second kappa shape index (κ2) is 7.18. The van der Waals surface area contributed by atoms with E-state index in [-0.39, 0.29) is 24.7 Å². The van der Waals surface area contributed by atoms with Crippen LogP contribution in [0.15, 0.2) is 24.4 Å². The monoisotopic (exact) mass is 344 g/mol. The summed E-state index contributed by atoms with van der Waals surface area (Å²) in [4.78, 5) is 23.8. The van der Waals surface area contributed by atoms with Crippen molar-refractivity contribution in [2.45, 2.75) is 26.2 Å². The maximum absolute atomic E-state index is 12.0. The van der Waals surface area contributed by atoms with Crippen LogP contribution in [-0.4, -0.2) is 32.2 Å². The molecule has 2 amide bonds. The van der Waals surface area contributed by atoms with Crippen molar-refractivity contribution in [1.82, 2.24) is 20.4 Å². The minimum atomic E-state index is -0.257. The molecule has 0 fully saturated rings. The number of rotatable bonds is 6. The molecule has 8 nitrogen and oxygen atoms in total. The zero-order valence-electron chi connectivity index (χ0n) is 13.0. The number of carbonyl (C=O) groups is 2.